The Labute approximate surface area is 104 Å². The number of fused-ring (bicyclic) bond motifs is 2. The van der Waals surface area contributed by atoms with Gasteiger partial charge in [-0.25, -0.2) is 0 Å². The Kier molecular flexibility index (Phi) is 2.32. The number of rotatable bonds is 0. The van der Waals surface area contributed by atoms with Gasteiger partial charge in [-0.1, -0.05) is 22.0 Å². The average Bonchev–Trinajstić information content (AvgIpc) is 2.61. The van der Waals surface area contributed by atoms with E-state index in [0.29, 0.717) is 6.42 Å². The lowest BCUT2D eigenvalue weighted by Crippen LogP contribution is -2.33. The second-order valence-electron chi connectivity index (χ2n) is 4.89. The van der Waals surface area contributed by atoms with E-state index in [4.69, 9.17) is 0 Å². The molecule has 3 rings (SSSR count). The molecular weight excluding hydrogens is 266 g/mol. The molecule has 1 aliphatic heterocycles. The monoisotopic (exact) mass is 279 g/mol. The van der Waals surface area contributed by atoms with E-state index < -0.39 is 0 Å². The summed E-state index contributed by atoms with van der Waals surface area (Å²) in [6, 6.07) is 6.49. The molecule has 16 heavy (non-hydrogen) atoms. The number of carbonyl (C=O) groups excluding carboxylic acids is 1. The predicted molar refractivity (Wildman–Crippen MR) is 66.4 cm³/mol. The summed E-state index contributed by atoms with van der Waals surface area (Å²) in [7, 11) is 0. The van der Waals surface area contributed by atoms with Crippen molar-refractivity contribution in [3.05, 3.63) is 33.8 Å². The summed E-state index contributed by atoms with van der Waals surface area (Å²) in [5, 5.41) is 2.98. The smallest absolute Gasteiger partial charge is 0.220 e. The molecule has 2 aliphatic rings. The lowest BCUT2D eigenvalue weighted by Gasteiger charge is -2.34. The Hall–Kier alpha value is -0.830. The summed E-state index contributed by atoms with van der Waals surface area (Å²) in [5.74, 6) is 0.204. The van der Waals surface area contributed by atoms with Gasteiger partial charge in [0.2, 0.25) is 5.91 Å². The van der Waals surface area contributed by atoms with Crippen LogP contribution >= 0.6 is 15.9 Å². The van der Waals surface area contributed by atoms with Crippen LogP contribution in [0.5, 0.6) is 0 Å². The summed E-state index contributed by atoms with van der Waals surface area (Å²) in [6.07, 6.45) is 4.14. The molecule has 1 atom stereocenters. The third kappa shape index (κ3) is 1.49. The highest BCUT2D eigenvalue weighted by Crippen LogP contribution is 2.42. The van der Waals surface area contributed by atoms with Gasteiger partial charge in [-0.05, 0) is 42.5 Å². The van der Waals surface area contributed by atoms with Crippen molar-refractivity contribution in [2.24, 2.45) is 0 Å². The van der Waals surface area contributed by atoms with Crippen molar-refractivity contribution >= 4 is 21.8 Å². The number of aryl methyl sites for hydroxylation is 1. The fraction of sp³-hybridized carbons (Fsp3) is 0.462. The highest BCUT2D eigenvalue weighted by atomic mass is 79.9. The standard InChI is InChI=1S/C13H14BrNO/c14-10-3-4-11-9(6-10)2-1-5-13(11)7-12(16)15-8-13/h3-4,6H,1-2,5,7-8H2,(H,15,16). The van der Waals surface area contributed by atoms with Crippen LogP contribution in [-0.2, 0) is 16.6 Å². The number of hydrogen-bond donors (Lipinski definition) is 1. The summed E-state index contributed by atoms with van der Waals surface area (Å²) < 4.78 is 1.14. The third-order valence-corrected chi connectivity index (χ3v) is 4.36. The first kappa shape index (κ1) is 10.3. The number of halogens is 1. The molecular formula is C13H14BrNO. The van der Waals surface area contributed by atoms with Gasteiger partial charge in [0.05, 0.1) is 0 Å². The molecule has 1 unspecified atom stereocenters. The summed E-state index contributed by atoms with van der Waals surface area (Å²) in [6.45, 7) is 0.820. The molecule has 1 aliphatic carbocycles. The van der Waals surface area contributed by atoms with Crippen LogP contribution in [0.15, 0.2) is 22.7 Å². The van der Waals surface area contributed by atoms with E-state index in [0.717, 1.165) is 23.9 Å². The molecule has 0 radical (unpaired) electrons. The van der Waals surface area contributed by atoms with Crippen molar-refractivity contribution in [1.82, 2.24) is 5.32 Å². The maximum Gasteiger partial charge on any atom is 0.220 e. The molecule has 3 heteroatoms. The average molecular weight is 280 g/mol. The van der Waals surface area contributed by atoms with Gasteiger partial charge in [0, 0.05) is 22.9 Å². The molecule has 84 valence electrons. The number of carbonyl (C=O) groups is 1. The van der Waals surface area contributed by atoms with Crippen LogP contribution < -0.4 is 5.32 Å². The van der Waals surface area contributed by atoms with Crippen molar-refractivity contribution < 1.29 is 4.79 Å². The van der Waals surface area contributed by atoms with Gasteiger partial charge in [0.25, 0.3) is 0 Å². The van der Waals surface area contributed by atoms with E-state index in [1.54, 1.807) is 0 Å². The van der Waals surface area contributed by atoms with Gasteiger partial charge in [0.1, 0.15) is 0 Å². The molecule has 1 spiro atoms. The lowest BCUT2D eigenvalue weighted by molar-refractivity contribution is -0.119. The molecule has 0 aromatic heterocycles. The van der Waals surface area contributed by atoms with Crippen molar-refractivity contribution in [3.63, 3.8) is 0 Å². The van der Waals surface area contributed by atoms with E-state index >= 15 is 0 Å². The fourth-order valence-corrected chi connectivity index (χ4v) is 3.51. The van der Waals surface area contributed by atoms with E-state index in [2.05, 4.69) is 39.4 Å². The topological polar surface area (TPSA) is 29.1 Å². The highest BCUT2D eigenvalue weighted by Gasteiger charge is 2.42. The van der Waals surface area contributed by atoms with E-state index in [1.165, 1.54) is 17.5 Å². The minimum absolute atomic E-state index is 0.0887. The van der Waals surface area contributed by atoms with Crippen LogP contribution in [0.2, 0.25) is 0 Å². The zero-order valence-corrected chi connectivity index (χ0v) is 10.6. The van der Waals surface area contributed by atoms with Crippen molar-refractivity contribution in [1.29, 1.82) is 0 Å². The Morgan fingerprint density at radius 3 is 3.00 bits per heavy atom. The molecule has 1 N–H and O–H groups in total. The van der Waals surface area contributed by atoms with Crippen molar-refractivity contribution in [2.75, 3.05) is 6.54 Å². The number of benzene rings is 1. The molecule has 2 nitrogen and oxygen atoms in total. The Bertz CT molecular complexity index is 457. The van der Waals surface area contributed by atoms with Gasteiger partial charge in [0.15, 0.2) is 0 Å². The lowest BCUT2D eigenvalue weighted by atomic mass is 9.69. The quantitative estimate of drug-likeness (QED) is 0.777. The largest absolute Gasteiger partial charge is 0.355 e. The van der Waals surface area contributed by atoms with E-state index in [-0.39, 0.29) is 11.3 Å². The third-order valence-electron chi connectivity index (χ3n) is 3.86. The SMILES string of the molecule is O=C1CC2(CCCc3cc(Br)ccc32)CN1. The maximum atomic E-state index is 11.5. The fourth-order valence-electron chi connectivity index (χ4n) is 3.11. The zero-order valence-electron chi connectivity index (χ0n) is 9.05. The van der Waals surface area contributed by atoms with Crippen LogP contribution in [0.4, 0.5) is 0 Å². The molecule has 1 saturated heterocycles. The van der Waals surface area contributed by atoms with E-state index in [1.807, 2.05) is 0 Å². The van der Waals surface area contributed by atoms with Gasteiger partial charge in [-0.2, -0.15) is 0 Å². The minimum atomic E-state index is 0.0887. The number of amides is 1. The molecule has 1 aromatic rings. The van der Waals surface area contributed by atoms with Crippen molar-refractivity contribution in [2.45, 2.75) is 31.1 Å². The molecule has 1 fully saturated rings. The van der Waals surface area contributed by atoms with Gasteiger partial charge in [-0.15, -0.1) is 0 Å². The van der Waals surface area contributed by atoms with Crippen LogP contribution in [-0.4, -0.2) is 12.5 Å². The Balaban J connectivity index is 2.09. The summed E-state index contributed by atoms with van der Waals surface area (Å²) in [4.78, 5) is 11.5. The number of hydrogen-bond acceptors (Lipinski definition) is 1. The van der Waals surface area contributed by atoms with Crippen LogP contribution in [0.1, 0.15) is 30.4 Å². The molecule has 0 saturated carbocycles. The minimum Gasteiger partial charge on any atom is -0.355 e. The second kappa shape index (κ2) is 3.59. The van der Waals surface area contributed by atoms with Crippen molar-refractivity contribution in [3.8, 4) is 0 Å². The molecule has 1 amide bonds. The normalized spacial score (nSPS) is 27.9. The van der Waals surface area contributed by atoms with Gasteiger partial charge >= 0.3 is 0 Å². The first-order valence-corrected chi connectivity index (χ1v) is 6.55. The van der Waals surface area contributed by atoms with Crippen LogP contribution in [0.3, 0.4) is 0 Å². The van der Waals surface area contributed by atoms with Crippen LogP contribution in [0.25, 0.3) is 0 Å². The first-order chi connectivity index (χ1) is 7.70. The highest BCUT2D eigenvalue weighted by molar-refractivity contribution is 9.10. The zero-order chi connectivity index (χ0) is 11.2. The predicted octanol–water partition coefficient (Wildman–Crippen LogP) is 2.54. The first-order valence-electron chi connectivity index (χ1n) is 5.75. The molecule has 1 heterocycles. The van der Waals surface area contributed by atoms with Crippen LogP contribution in [0, 0.1) is 0 Å². The summed E-state index contributed by atoms with van der Waals surface area (Å²) in [5.41, 5.74) is 2.89. The van der Waals surface area contributed by atoms with Gasteiger partial charge < -0.3 is 5.32 Å². The van der Waals surface area contributed by atoms with Gasteiger partial charge in [-0.3, -0.25) is 4.79 Å². The molecule has 0 bridgehead atoms. The Morgan fingerprint density at radius 1 is 1.38 bits per heavy atom. The summed E-state index contributed by atoms with van der Waals surface area (Å²) >= 11 is 3.52. The Morgan fingerprint density at radius 2 is 2.25 bits per heavy atom. The molecule has 1 aromatic carbocycles. The van der Waals surface area contributed by atoms with E-state index in [9.17, 15) is 4.79 Å². The maximum absolute atomic E-state index is 11.5. The second-order valence-corrected chi connectivity index (χ2v) is 5.80. The number of nitrogens with one attached hydrogen (secondary N) is 1.